The predicted molar refractivity (Wildman–Crippen MR) is 101 cm³/mol. The van der Waals surface area contributed by atoms with E-state index >= 15 is 0 Å². The summed E-state index contributed by atoms with van der Waals surface area (Å²) in [4.78, 5) is 5.15. The van der Waals surface area contributed by atoms with Gasteiger partial charge in [-0.25, -0.2) is 4.39 Å². The monoisotopic (exact) mass is 354 g/mol. The van der Waals surface area contributed by atoms with Gasteiger partial charge >= 0.3 is 0 Å². The predicted octanol–water partition coefficient (Wildman–Crippen LogP) is 4.82. The molecule has 4 heteroatoms. The molecule has 0 bridgehead atoms. The lowest BCUT2D eigenvalue weighted by Gasteiger charge is -2.45. The molecule has 2 heterocycles. The number of halogens is 2. The van der Waals surface area contributed by atoms with Gasteiger partial charge in [0, 0.05) is 32.2 Å². The third kappa shape index (κ3) is 4.93. The second-order valence-electron chi connectivity index (χ2n) is 7.21. The van der Waals surface area contributed by atoms with Gasteiger partial charge in [0.15, 0.2) is 0 Å². The van der Waals surface area contributed by atoms with Gasteiger partial charge in [0.2, 0.25) is 0 Å². The van der Waals surface area contributed by atoms with E-state index in [0.717, 1.165) is 26.1 Å². The summed E-state index contributed by atoms with van der Waals surface area (Å²) in [6, 6.07) is 5.80. The van der Waals surface area contributed by atoms with Crippen LogP contribution in [0.3, 0.4) is 0 Å². The standard InChI is InChI=1S/C20H31FN2.ClH/c1-2-3-4-5-6-7-11-22-13-14-23-12-10-17-8-9-18(21)15-19(17)20(23)16-22;/h8-9,15,20H,2-7,10-14,16H2,1H3;1H. The minimum atomic E-state index is -0.0846. The average molecular weight is 355 g/mol. The fourth-order valence-electron chi connectivity index (χ4n) is 4.13. The Morgan fingerprint density at radius 1 is 1.04 bits per heavy atom. The quantitative estimate of drug-likeness (QED) is 0.647. The third-order valence-corrected chi connectivity index (χ3v) is 5.54. The first-order valence-electron chi connectivity index (χ1n) is 9.52. The SMILES string of the molecule is CCCCCCCCN1CCN2CCc3ccc(F)cc3C2C1.Cl. The van der Waals surface area contributed by atoms with Crippen molar-refractivity contribution in [1.29, 1.82) is 0 Å². The van der Waals surface area contributed by atoms with Crippen LogP contribution in [-0.4, -0.2) is 42.5 Å². The van der Waals surface area contributed by atoms with Gasteiger partial charge in [-0.15, -0.1) is 12.4 Å². The van der Waals surface area contributed by atoms with Gasteiger partial charge in [0.1, 0.15) is 5.82 Å². The fraction of sp³-hybridized carbons (Fsp3) is 0.700. The molecule has 1 fully saturated rings. The van der Waals surface area contributed by atoms with Crippen LogP contribution in [0.5, 0.6) is 0 Å². The number of fused-ring (bicyclic) bond motifs is 3. The molecule has 0 spiro atoms. The van der Waals surface area contributed by atoms with E-state index in [2.05, 4.69) is 16.7 Å². The lowest BCUT2D eigenvalue weighted by atomic mass is 9.90. The molecule has 2 aliphatic rings. The normalized spacial score (nSPS) is 21.0. The van der Waals surface area contributed by atoms with Crippen LogP contribution in [0.4, 0.5) is 4.39 Å². The average Bonchev–Trinajstić information content (AvgIpc) is 2.58. The molecule has 0 radical (unpaired) electrons. The van der Waals surface area contributed by atoms with Gasteiger partial charge in [-0.3, -0.25) is 4.90 Å². The molecule has 0 N–H and O–H groups in total. The van der Waals surface area contributed by atoms with Crippen molar-refractivity contribution in [2.24, 2.45) is 0 Å². The number of unbranched alkanes of at least 4 members (excludes halogenated alkanes) is 5. The topological polar surface area (TPSA) is 6.48 Å². The summed E-state index contributed by atoms with van der Waals surface area (Å²) in [6.07, 6.45) is 9.21. The summed E-state index contributed by atoms with van der Waals surface area (Å²) in [5.41, 5.74) is 2.60. The molecular weight excluding hydrogens is 323 g/mol. The Morgan fingerprint density at radius 2 is 1.83 bits per heavy atom. The Morgan fingerprint density at radius 3 is 2.67 bits per heavy atom. The Hall–Kier alpha value is -0.640. The molecule has 1 atom stereocenters. The lowest BCUT2D eigenvalue weighted by Crippen LogP contribution is -2.51. The zero-order valence-electron chi connectivity index (χ0n) is 15.0. The number of hydrogen-bond donors (Lipinski definition) is 0. The van der Waals surface area contributed by atoms with Crippen LogP contribution < -0.4 is 0 Å². The second-order valence-corrected chi connectivity index (χ2v) is 7.21. The largest absolute Gasteiger partial charge is 0.300 e. The van der Waals surface area contributed by atoms with Crippen LogP contribution in [0.15, 0.2) is 18.2 Å². The smallest absolute Gasteiger partial charge is 0.123 e. The van der Waals surface area contributed by atoms with Gasteiger partial charge < -0.3 is 4.90 Å². The minimum absolute atomic E-state index is 0. The van der Waals surface area contributed by atoms with Crippen LogP contribution in [0.2, 0.25) is 0 Å². The van der Waals surface area contributed by atoms with Crippen molar-refractivity contribution in [2.75, 3.05) is 32.7 Å². The maximum atomic E-state index is 13.7. The van der Waals surface area contributed by atoms with Gasteiger partial charge in [-0.1, -0.05) is 45.1 Å². The summed E-state index contributed by atoms with van der Waals surface area (Å²) >= 11 is 0. The number of benzene rings is 1. The zero-order valence-corrected chi connectivity index (χ0v) is 15.8. The molecule has 0 saturated carbocycles. The lowest BCUT2D eigenvalue weighted by molar-refractivity contribution is 0.0661. The van der Waals surface area contributed by atoms with Crippen LogP contribution in [0.1, 0.15) is 62.6 Å². The van der Waals surface area contributed by atoms with Crippen LogP contribution in [-0.2, 0) is 6.42 Å². The van der Waals surface area contributed by atoms with Crippen molar-refractivity contribution in [3.63, 3.8) is 0 Å². The highest BCUT2D eigenvalue weighted by Crippen LogP contribution is 2.33. The van der Waals surface area contributed by atoms with Gasteiger partial charge in [0.25, 0.3) is 0 Å². The van der Waals surface area contributed by atoms with E-state index in [1.807, 2.05) is 6.07 Å². The number of hydrogen-bond acceptors (Lipinski definition) is 2. The molecule has 0 aliphatic carbocycles. The zero-order chi connectivity index (χ0) is 16.1. The number of rotatable bonds is 7. The molecule has 1 aromatic rings. The molecule has 3 rings (SSSR count). The number of nitrogens with zero attached hydrogens (tertiary/aromatic N) is 2. The Balaban J connectivity index is 0.00000208. The summed E-state index contributed by atoms with van der Waals surface area (Å²) in [5, 5.41) is 0. The maximum absolute atomic E-state index is 13.7. The van der Waals surface area contributed by atoms with Crippen LogP contribution in [0, 0.1) is 5.82 Å². The summed E-state index contributed by atoms with van der Waals surface area (Å²) in [6.45, 7) is 8.00. The summed E-state index contributed by atoms with van der Waals surface area (Å²) < 4.78 is 13.7. The van der Waals surface area contributed by atoms with Crippen molar-refractivity contribution in [3.8, 4) is 0 Å². The van der Waals surface area contributed by atoms with Crippen molar-refractivity contribution in [1.82, 2.24) is 9.80 Å². The van der Waals surface area contributed by atoms with Crippen molar-refractivity contribution in [2.45, 2.75) is 57.9 Å². The van der Waals surface area contributed by atoms with Crippen LogP contribution in [0.25, 0.3) is 0 Å². The molecule has 1 aromatic carbocycles. The molecular formula is C20H32ClFN2. The second kappa shape index (κ2) is 9.74. The first-order chi connectivity index (χ1) is 11.3. The molecule has 0 aromatic heterocycles. The molecule has 2 aliphatic heterocycles. The van der Waals surface area contributed by atoms with Gasteiger partial charge in [-0.2, -0.15) is 0 Å². The summed E-state index contributed by atoms with van der Waals surface area (Å²) in [5.74, 6) is -0.0846. The molecule has 136 valence electrons. The molecule has 1 unspecified atom stereocenters. The van der Waals surface area contributed by atoms with E-state index < -0.39 is 0 Å². The van der Waals surface area contributed by atoms with E-state index in [0.29, 0.717) is 6.04 Å². The number of piperazine rings is 1. The first-order valence-corrected chi connectivity index (χ1v) is 9.52. The molecule has 2 nitrogen and oxygen atoms in total. The van der Waals surface area contributed by atoms with E-state index in [1.54, 1.807) is 12.1 Å². The first kappa shape index (κ1) is 19.7. The van der Waals surface area contributed by atoms with Crippen molar-refractivity contribution >= 4 is 12.4 Å². The molecule has 1 saturated heterocycles. The van der Waals surface area contributed by atoms with E-state index in [9.17, 15) is 4.39 Å². The maximum Gasteiger partial charge on any atom is 0.123 e. The Bertz CT molecular complexity index is 508. The highest BCUT2D eigenvalue weighted by molar-refractivity contribution is 5.85. The molecule has 0 amide bonds. The fourth-order valence-corrected chi connectivity index (χ4v) is 4.13. The van der Waals surface area contributed by atoms with Crippen molar-refractivity contribution in [3.05, 3.63) is 35.1 Å². The summed E-state index contributed by atoms with van der Waals surface area (Å²) in [7, 11) is 0. The van der Waals surface area contributed by atoms with Crippen molar-refractivity contribution < 1.29 is 4.39 Å². The third-order valence-electron chi connectivity index (χ3n) is 5.54. The molecule has 24 heavy (non-hydrogen) atoms. The minimum Gasteiger partial charge on any atom is -0.300 e. The van der Waals surface area contributed by atoms with E-state index in [-0.39, 0.29) is 18.2 Å². The Labute approximate surface area is 152 Å². The van der Waals surface area contributed by atoms with Crippen LogP contribution >= 0.6 is 12.4 Å². The van der Waals surface area contributed by atoms with Gasteiger partial charge in [0.05, 0.1) is 0 Å². The highest BCUT2D eigenvalue weighted by Gasteiger charge is 2.32. The van der Waals surface area contributed by atoms with E-state index in [4.69, 9.17) is 0 Å². The van der Waals surface area contributed by atoms with Gasteiger partial charge in [-0.05, 0) is 42.6 Å². The Kier molecular flexibility index (Phi) is 7.99. The van der Waals surface area contributed by atoms with E-state index in [1.165, 1.54) is 62.7 Å². The highest BCUT2D eigenvalue weighted by atomic mass is 35.5.